The van der Waals surface area contributed by atoms with Crippen molar-refractivity contribution < 1.29 is 0 Å². The van der Waals surface area contributed by atoms with Gasteiger partial charge in [-0.05, 0) is 36.4 Å². The summed E-state index contributed by atoms with van der Waals surface area (Å²) in [5.41, 5.74) is 15.0. The van der Waals surface area contributed by atoms with Crippen LogP contribution < -0.4 is 16.4 Å². The molecule has 2 rings (SSSR count). The van der Waals surface area contributed by atoms with Gasteiger partial charge in [0.2, 0.25) is 0 Å². The summed E-state index contributed by atoms with van der Waals surface area (Å²) in [4.78, 5) is 1.90. The second-order valence-electron chi connectivity index (χ2n) is 3.85. The second kappa shape index (κ2) is 5.14. The van der Waals surface area contributed by atoms with E-state index >= 15 is 0 Å². The summed E-state index contributed by atoms with van der Waals surface area (Å²) in [7, 11) is 0. The summed E-state index contributed by atoms with van der Waals surface area (Å²) in [5, 5.41) is 0. The zero-order valence-electron chi connectivity index (χ0n) is 9.81. The molecule has 0 aliphatic carbocycles. The van der Waals surface area contributed by atoms with E-state index in [-0.39, 0.29) is 0 Å². The molecule has 4 N–H and O–H groups in total. The van der Waals surface area contributed by atoms with Gasteiger partial charge >= 0.3 is 0 Å². The Bertz CT molecular complexity index is 581. The van der Waals surface area contributed by atoms with Gasteiger partial charge in [0.1, 0.15) is 0 Å². The Morgan fingerprint density at radius 2 is 1.89 bits per heavy atom. The maximum absolute atomic E-state index is 6.02. The van der Waals surface area contributed by atoms with E-state index in [1.54, 1.807) is 6.20 Å². The van der Waals surface area contributed by atoms with Crippen LogP contribution in [0, 0.1) is 0 Å². The van der Waals surface area contributed by atoms with Crippen molar-refractivity contribution >= 4 is 38.7 Å². The van der Waals surface area contributed by atoms with Gasteiger partial charge in [-0.2, -0.15) is 0 Å². The topological polar surface area (TPSA) is 55.3 Å². The Kier molecular flexibility index (Phi) is 3.58. The lowest BCUT2D eigenvalue weighted by atomic mass is 10.2. The monoisotopic (exact) mass is 303 g/mol. The third-order valence-corrected chi connectivity index (χ3v) is 3.07. The van der Waals surface area contributed by atoms with Crippen LogP contribution in [0.15, 0.2) is 59.7 Å². The second-order valence-corrected chi connectivity index (χ2v) is 4.77. The molecule has 2 aromatic rings. The fraction of sp³-hybridized carbons (Fsp3) is 0. The molecule has 0 bridgehead atoms. The third kappa shape index (κ3) is 2.49. The van der Waals surface area contributed by atoms with E-state index in [2.05, 4.69) is 22.5 Å². The molecule has 2 aromatic carbocycles. The fourth-order valence-electron chi connectivity index (χ4n) is 1.76. The first-order valence-electron chi connectivity index (χ1n) is 5.44. The number of rotatable bonds is 3. The fourth-order valence-corrected chi connectivity index (χ4v) is 2.14. The van der Waals surface area contributed by atoms with Gasteiger partial charge in [0.05, 0.1) is 11.4 Å². The highest BCUT2D eigenvalue weighted by Gasteiger charge is 2.09. The highest BCUT2D eigenvalue weighted by molar-refractivity contribution is 9.10. The number of hydrogen-bond donors (Lipinski definition) is 2. The Labute approximate surface area is 115 Å². The van der Waals surface area contributed by atoms with E-state index in [1.807, 2.05) is 47.4 Å². The predicted molar refractivity (Wildman–Crippen MR) is 81.7 cm³/mol. The first-order valence-corrected chi connectivity index (χ1v) is 6.23. The highest BCUT2D eigenvalue weighted by Crippen LogP contribution is 2.33. The van der Waals surface area contributed by atoms with Gasteiger partial charge in [-0.3, -0.25) is 0 Å². The van der Waals surface area contributed by atoms with Gasteiger partial charge in [0.25, 0.3) is 0 Å². The van der Waals surface area contributed by atoms with Crippen LogP contribution in [-0.2, 0) is 0 Å². The maximum Gasteiger partial charge on any atom is 0.0686 e. The minimum absolute atomic E-state index is 0.673. The molecule has 0 aliphatic heterocycles. The normalized spacial score (nSPS) is 10.1. The Morgan fingerprint density at radius 1 is 1.11 bits per heavy atom. The summed E-state index contributed by atoms with van der Waals surface area (Å²) in [6, 6.07) is 13.3. The van der Waals surface area contributed by atoms with Crippen LogP contribution in [0.3, 0.4) is 0 Å². The van der Waals surface area contributed by atoms with Gasteiger partial charge in [-0.1, -0.05) is 28.6 Å². The average molecular weight is 304 g/mol. The van der Waals surface area contributed by atoms with Gasteiger partial charge in [0.15, 0.2) is 0 Å². The molecule has 0 amide bonds. The van der Waals surface area contributed by atoms with Crippen molar-refractivity contribution in [1.29, 1.82) is 0 Å². The summed E-state index contributed by atoms with van der Waals surface area (Å²) < 4.78 is 0.945. The molecule has 0 heterocycles. The van der Waals surface area contributed by atoms with Crippen molar-refractivity contribution in [3.8, 4) is 0 Å². The minimum Gasteiger partial charge on any atom is -0.399 e. The number of halogens is 1. The number of anilines is 4. The number of nitrogen functional groups attached to an aromatic ring is 2. The summed E-state index contributed by atoms with van der Waals surface area (Å²) in [5.74, 6) is 0. The van der Waals surface area contributed by atoms with Crippen LogP contribution >= 0.6 is 15.9 Å². The standard InChI is InChI=1S/C14H14BrN3/c1-2-18(12-5-3-4-11(16)9-12)14-7-6-10(15)8-13(14)17/h2-9H,1,16-17H2. The molecule has 0 saturated carbocycles. The Balaban J connectivity index is 2.48. The SMILES string of the molecule is C=CN(c1cccc(N)c1)c1ccc(Br)cc1N. The zero-order chi connectivity index (χ0) is 13.1. The van der Waals surface area contributed by atoms with Crippen LogP contribution in [0.5, 0.6) is 0 Å². The molecule has 4 heteroatoms. The van der Waals surface area contributed by atoms with Gasteiger partial charge < -0.3 is 16.4 Å². The Morgan fingerprint density at radius 3 is 2.50 bits per heavy atom. The zero-order valence-corrected chi connectivity index (χ0v) is 11.4. The van der Waals surface area contributed by atoms with Crippen LogP contribution in [0.1, 0.15) is 0 Å². The molecule has 92 valence electrons. The Hall–Kier alpha value is -1.94. The van der Waals surface area contributed by atoms with Crippen LogP contribution in [0.2, 0.25) is 0 Å². The van der Waals surface area contributed by atoms with Crippen molar-refractivity contribution in [2.75, 3.05) is 16.4 Å². The lowest BCUT2D eigenvalue weighted by molar-refractivity contribution is 1.29. The van der Waals surface area contributed by atoms with E-state index in [4.69, 9.17) is 11.5 Å². The smallest absolute Gasteiger partial charge is 0.0686 e. The minimum atomic E-state index is 0.673. The van der Waals surface area contributed by atoms with E-state index in [0.717, 1.165) is 15.8 Å². The molecule has 18 heavy (non-hydrogen) atoms. The first kappa shape index (κ1) is 12.5. The van der Waals surface area contributed by atoms with Gasteiger partial charge in [0, 0.05) is 22.0 Å². The van der Waals surface area contributed by atoms with Gasteiger partial charge in [-0.25, -0.2) is 0 Å². The summed E-state index contributed by atoms with van der Waals surface area (Å²) in [6.45, 7) is 3.82. The van der Waals surface area contributed by atoms with Crippen LogP contribution in [0.4, 0.5) is 22.7 Å². The molecular weight excluding hydrogens is 290 g/mol. The van der Waals surface area contributed by atoms with Gasteiger partial charge in [-0.15, -0.1) is 0 Å². The van der Waals surface area contributed by atoms with Crippen LogP contribution in [0.25, 0.3) is 0 Å². The van der Waals surface area contributed by atoms with Crippen molar-refractivity contribution in [3.05, 3.63) is 59.7 Å². The van der Waals surface area contributed by atoms with Crippen molar-refractivity contribution in [2.24, 2.45) is 0 Å². The lowest BCUT2D eigenvalue weighted by Crippen LogP contribution is -2.10. The predicted octanol–water partition coefficient (Wildman–Crippen LogP) is 3.90. The molecule has 0 aromatic heterocycles. The average Bonchev–Trinajstić information content (AvgIpc) is 2.33. The lowest BCUT2D eigenvalue weighted by Gasteiger charge is -2.22. The largest absolute Gasteiger partial charge is 0.399 e. The number of nitrogens with two attached hydrogens (primary N) is 2. The number of benzene rings is 2. The van der Waals surface area contributed by atoms with E-state index < -0.39 is 0 Å². The molecule has 0 saturated heterocycles. The molecule has 0 unspecified atom stereocenters. The highest BCUT2D eigenvalue weighted by atomic mass is 79.9. The first-order chi connectivity index (χ1) is 8.61. The van der Waals surface area contributed by atoms with Crippen molar-refractivity contribution in [1.82, 2.24) is 0 Å². The van der Waals surface area contributed by atoms with Crippen molar-refractivity contribution in [3.63, 3.8) is 0 Å². The molecule has 0 radical (unpaired) electrons. The molecule has 0 spiro atoms. The number of nitrogens with zero attached hydrogens (tertiary/aromatic N) is 1. The summed E-state index contributed by atoms with van der Waals surface area (Å²) in [6.07, 6.45) is 1.72. The third-order valence-electron chi connectivity index (χ3n) is 2.58. The van der Waals surface area contributed by atoms with E-state index in [9.17, 15) is 0 Å². The van der Waals surface area contributed by atoms with Crippen LogP contribution in [-0.4, -0.2) is 0 Å². The van der Waals surface area contributed by atoms with E-state index in [1.165, 1.54) is 0 Å². The quantitative estimate of drug-likeness (QED) is 0.846. The molecule has 0 atom stereocenters. The molecule has 0 fully saturated rings. The van der Waals surface area contributed by atoms with E-state index in [0.29, 0.717) is 11.4 Å². The number of hydrogen-bond acceptors (Lipinski definition) is 3. The maximum atomic E-state index is 6.02. The van der Waals surface area contributed by atoms with Crippen molar-refractivity contribution in [2.45, 2.75) is 0 Å². The molecule has 3 nitrogen and oxygen atoms in total. The molecular formula is C14H14BrN3. The summed E-state index contributed by atoms with van der Waals surface area (Å²) >= 11 is 3.39. The molecule has 0 aliphatic rings.